The SMILES string of the molecule is CN1C(=O)N(CC(=O)Nc2ccccc2OC(F)F)C(=O)C12CCCCC2. The average molecular weight is 381 g/mol. The summed E-state index contributed by atoms with van der Waals surface area (Å²) in [6.45, 7) is -3.52. The van der Waals surface area contributed by atoms with Crippen molar-refractivity contribution >= 4 is 23.5 Å². The van der Waals surface area contributed by atoms with Crippen molar-refractivity contribution in [3.05, 3.63) is 24.3 Å². The molecule has 1 aromatic rings. The van der Waals surface area contributed by atoms with Gasteiger partial charge in [-0.05, 0) is 25.0 Å². The number of carbonyl (C=O) groups is 3. The molecular weight excluding hydrogens is 360 g/mol. The molecule has 1 aliphatic carbocycles. The molecule has 1 heterocycles. The van der Waals surface area contributed by atoms with Gasteiger partial charge in [-0.2, -0.15) is 8.78 Å². The second kappa shape index (κ2) is 7.50. The van der Waals surface area contributed by atoms with E-state index in [9.17, 15) is 23.2 Å². The number of halogens is 2. The van der Waals surface area contributed by atoms with Gasteiger partial charge in [0.25, 0.3) is 5.91 Å². The molecule has 1 saturated heterocycles. The quantitative estimate of drug-likeness (QED) is 0.796. The Morgan fingerprint density at radius 1 is 1.22 bits per heavy atom. The lowest BCUT2D eigenvalue weighted by Crippen LogP contribution is -2.49. The molecule has 146 valence electrons. The molecule has 4 amide bonds. The largest absolute Gasteiger partial charge is 0.433 e. The van der Waals surface area contributed by atoms with Crippen LogP contribution in [0.2, 0.25) is 0 Å². The Kier molecular flexibility index (Phi) is 5.29. The third kappa shape index (κ3) is 3.58. The molecular formula is C18H21F2N3O4. The highest BCUT2D eigenvalue weighted by Crippen LogP contribution is 2.39. The van der Waals surface area contributed by atoms with Crippen molar-refractivity contribution in [2.45, 2.75) is 44.3 Å². The number of likely N-dealkylation sites (N-methyl/N-ethyl adjacent to an activating group) is 1. The molecule has 0 bridgehead atoms. The minimum Gasteiger partial charge on any atom is -0.433 e. The van der Waals surface area contributed by atoms with E-state index in [1.165, 1.54) is 23.1 Å². The summed E-state index contributed by atoms with van der Waals surface area (Å²) in [6, 6.07) is 5.21. The second-order valence-corrected chi connectivity index (χ2v) is 6.75. The van der Waals surface area contributed by atoms with Gasteiger partial charge < -0.3 is 15.0 Å². The number of benzene rings is 1. The van der Waals surface area contributed by atoms with Crippen LogP contribution in [0.3, 0.4) is 0 Å². The van der Waals surface area contributed by atoms with Crippen LogP contribution in [0.5, 0.6) is 5.75 Å². The first kappa shape index (κ1) is 19.1. The van der Waals surface area contributed by atoms with E-state index in [0.29, 0.717) is 12.8 Å². The van der Waals surface area contributed by atoms with Crippen molar-refractivity contribution < 1.29 is 27.9 Å². The summed E-state index contributed by atoms with van der Waals surface area (Å²) < 4.78 is 29.3. The Balaban J connectivity index is 1.71. The number of nitrogens with one attached hydrogen (secondary N) is 1. The molecule has 1 aliphatic heterocycles. The van der Waals surface area contributed by atoms with Gasteiger partial charge in [0.2, 0.25) is 5.91 Å². The average Bonchev–Trinajstić information content (AvgIpc) is 2.80. The molecule has 2 aliphatic rings. The van der Waals surface area contributed by atoms with Gasteiger partial charge in [-0.15, -0.1) is 0 Å². The Morgan fingerprint density at radius 3 is 2.56 bits per heavy atom. The highest BCUT2D eigenvalue weighted by molar-refractivity contribution is 6.10. The molecule has 7 nitrogen and oxygen atoms in total. The van der Waals surface area contributed by atoms with Gasteiger partial charge in [-0.3, -0.25) is 14.5 Å². The summed E-state index contributed by atoms with van der Waals surface area (Å²) in [5.41, 5.74) is -0.825. The molecule has 1 aromatic carbocycles. The number of amides is 4. The molecule has 0 unspecified atom stereocenters. The number of urea groups is 1. The van der Waals surface area contributed by atoms with Gasteiger partial charge in [0, 0.05) is 7.05 Å². The summed E-state index contributed by atoms with van der Waals surface area (Å²) in [5.74, 6) is -1.23. The first-order chi connectivity index (χ1) is 12.8. The van der Waals surface area contributed by atoms with E-state index in [0.717, 1.165) is 24.2 Å². The summed E-state index contributed by atoms with van der Waals surface area (Å²) in [4.78, 5) is 40.1. The van der Waals surface area contributed by atoms with E-state index in [4.69, 9.17) is 0 Å². The predicted molar refractivity (Wildman–Crippen MR) is 92.4 cm³/mol. The zero-order valence-corrected chi connectivity index (χ0v) is 14.9. The monoisotopic (exact) mass is 381 g/mol. The molecule has 1 N–H and O–H groups in total. The summed E-state index contributed by atoms with van der Waals surface area (Å²) in [6.07, 6.45) is 3.87. The summed E-state index contributed by atoms with van der Waals surface area (Å²) in [5, 5.41) is 2.43. The highest BCUT2D eigenvalue weighted by atomic mass is 19.3. The van der Waals surface area contributed by atoms with Gasteiger partial charge in [0.1, 0.15) is 17.8 Å². The lowest BCUT2D eigenvalue weighted by atomic mass is 9.81. The summed E-state index contributed by atoms with van der Waals surface area (Å²) >= 11 is 0. The number of imide groups is 1. The molecule has 0 radical (unpaired) electrons. The first-order valence-corrected chi connectivity index (χ1v) is 8.78. The maximum Gasteiger partial charge on any atom is 0.387 e. The van der Waals surface area contributed by atoms with Gasteiger partial charge in [0.05, 0.1) is 5.69 Å². The maximum absolute atomic E-state index is 12.9. The molecule has 9 heteroatoms. The zero-order valence-electron chi connectivity index (χ0n) is 14.9. The van der Waals surface area contributed by atoms with Crippen LogP contribution in [0.15, 0.2) is 24.3 Å². The van der Waals surface area contributed by atoms with E-state index >= 15 is 0 Å². The van der Waals surface area contributed by atoms with E-state index in [2.05, 4.69) is 10.1 Å². The number of ether oxygens (including phenoxy) is 1. The van der Waals surface area contributed by atoms with Gasteiger partial charge in [0.15, 0.2) is 0 Å². The lowest BCUT2D eigenvalue weighted by molar-refractivity contribution is -0.136. The Labute approximate surface area is 155 Å². The van der Waals surface area contributed by atoms with Crippen LogP contribution in [0.25, 0.3) is 0 Å². The molecule has 0 atom stereocenters. The van der Waals surface area contributed by atoms with Crippen molar-refractivity contribution in [3.63, 3.8) is 0 Å². The number of para-hydroxylation sites is 2. The lowest BCUT2D eigenvalue weighted by Gasteiger charge is -2.35. The van der Waals surface area contributed by atoms with Crippen LogP contribution in [0, 0.1) is 0 Å². The third-order valence-corrected chi connectivity index (χ3v) is 5.16. The molecule has 2 fully saturated rings. The van der Waals surface area contributed by atoms with Crippen LogP contribution >= 0.6 is 0 Å². The Morgan fingerprint density at radius 2 is 1.89 bits per heavy atom. The van der Waals surface area contributed by atoms with Crippen molar-refractivity contribution in [2.24, 2.45) is 0 Å². The molecule has 1 spiro atoms. The predicted octanol–water partition coefficient (Wildman–Crippen LogP) is 2.82. The smallest absolute Gasteiger partial charge is 0.387 e. The van der Waals surface area contributed by atoms with Gasteiger partial charge >= 0.3 is 12.6 Å². The fourth-order valence-electron chi connectivity index (χ4n) is 3.77. The van der Waals surface area contributed by atoms with Crippen LogP contribution < -0.4 is 10.1 Å². The standard InChI is InChI=1S/C18H21F2N3O4/c1-22-17(26)23(15(25)18(22)9-5-2-6-10-18)11-14(24)21-12-7-3-4-8-13(12)27-16(19)20/h3-4,7-8,16H,2,5-6,9-11H2,1H3,(H,21,24). The number of carbonyl (C=O) groups excluding carboxylic acids is 3. The minimum atomic E-state index is -3.04. The number of hydrogen-bond acceptors (Lipinski definition) is 4. The highest BCUT2D eigenvalue weighted by Gasteiger charge is 2.55. The van der Waals surface area contributed by atoms with Crippen LogP contribution in [0.1, 0.15) is 32.1 Å². The van der Waals surface area contributed by atoms with Crippen molar-refractivity contribution in [2.75, 3.05) is 18.9 Å². The van der Waals surface area contributed by atoms with Crippen LogP contribution in [-0.2, 0) is 9.59 Å². The number of alkyl halides is 2. The van der Waals surface area contributed by atoms with Gasteiger partial charge in [-0.1, -0.05) is 31.4 Å². The van der Waals surface area contributed by atoms with Crippen molar-refractivity contribution in [1.29, 1.82) is 0 Å². The molecule has 3 rings (SSSR count). The fraction of sp³-hybridized carbons (Fsp3) is 0.500. The molecule has 27 heavy (non-hydrogen) atoms. The zero-order chi connectivity index (χ0) is 19.6. The molecule has 0 aromatic heterocycles. The summed E-state index contributed by atoms with van der Waals surface area (Å²) in [7, 11) is 1.58. The van der Waals surface area contributed by atoms with E-state index < -0.39 is 30.6 Å². The van der Waals surface area contributed by atoms with E-state index in [1.54, 1.807) is 13.1 Å². The Hall–Kier alpha value is -2.71. The van der Waals surface area contributed by atoms with E-state index in [1.807, 2.05) is 0 Å². The Bertz CT molecular complexity index is 750. The van der Waals surface area contributed by atoms with E-state index in [-0.39, 0.29) is 17.3 Å². The minimum absolute atomic E-state index is 0.0441. The van der Waals surface area contributed by atoms with Crippen LogP contribution in [-0.4, -0.2) is 53.4 Å². The van der Waals surface area contributed by atoms with Crippen molar-refractivity contribution in [1.82, 2.24) is 9.80 Å². The number of hydrogen-bond donors (Lipinski definition) is 1. The fourth-order valence-corrected chi connectivity index (χ4v) is 3.77. The normalized spacial score (nSPS) is 19.1. The third-order valence-electron chi connectivity index (χ3n) is 5.16. The number of nitrogens with zero attached hydrogens (tertiary/aromatic N) is 2. The topological polar surface area (TPSA) is 79.0 Å². The van der Waals surface area contributed by atoms with Crippen molar-refractivity contribution in [3.8, 4) is 5.75 Å². The number of rotatable bonds is 5. The number of anilines is 1. The van der Waals surface area contributed by atoms with Gasteiger partial charge in [-0.25, -0.2) is 4.79 Å². The van der Waals surface area contributed by atoms with Crippen LogP contribution in [0.4, 0.5) is 19.3 Å². The maximum atomic E-state index is 12.9. The first-order valence-electron chi connectivity index (χ1n) is 8.78. The molecule has 1 saturated carbocycles. The second-order valence-electron chi connectivity index (χ2n) is 6.75.